The average Bonchev–Trinajstić information content (AvgIpc) is 2.87. The second-order valence-electron chi connectivity index (χ2n) is 8.31. The number of aliphatic hydroxyl groups is 1. The molecular weight excluding hydrogens is 443 g/mol. The number of ether oxygens (including phenoxy) is 5. The zero-order valence-electron chi connectivity index (χ0n) is 18.8. The molecular formula is C25H27FN2O6. The summed E-state index contributed by atoms with van der Waals surface area (Å²) in [7, 11) is 1.53. The molecule has 0 amide bonds. The number of rotatable bonds is 7. The maximum atomic E-state index is 14.6. The van der Waals surface area contributed by atoms with Gasteiger partial charge in [-0.25, -0.2) is 4.39 Å². The molecule has 3 heterocycles. The number of aliphatic hydroxyl groups excluding tert-OH is 1. The van der Waals surface area contributed by atoms with Crippen molar-refractivity contribution in [1.82, 2.24) is 10.3 Å². The standard InChI is InChI=1S/C25H27FN2O6/c1-30-17-3-4-20-18(9-17)25(19(26)12-28-20)21(29)10-24-33-13-16(14-34-24)27-11-15-2-5-22-23(8-15)32-7-6-31-22/h2-5,8-9,12,16,21,24,27,29H,6-7,10-11,13-14H2,1H3/t16-,21-,24-/m0/s1. The first-order chi connectivity index (χ1) is 16.6. The van der Waals surface area contributed by atoms with E-state index in [-0.39, 0.29) is 18.0 Å². The molecule has 2 aromatic carbocycles. The van der Waals surface area contributed by atoms with Crippen molar-refractivity contribution in [3.05, 3.63) is 59.5 Å². The van der Waals surface area contributed by atoms with E-state index in [2.05, 4.69) is 10.3 Å². The molecule has 0 bridgehead atoms. The molecule has 2 aliphatic heterocycles. The second kappa shape index (κ2) is 10.1. The van der Waals surface area contributed by atoms with Gasteiger partial charge < -0.3 is 34.1 Å². The number of hydrogen-bond donors (Lipinski definition) is 2. The van der Waals surface area contributed by atoms with Crippen molar-refractivity contribution in [3.8, 4) is 17.2 Å². The fraction of sp³-hybridized carbons (Fsp3) is 0.400. The van der Waals surface area contributed by atoms with Gasteiger partial charge in [0.1, 0.15) is 24.8 Å². The van der Waals surface area contributed by atoms with Crippen molar-refractivity contribution >= 4 is 10.9 Å². The van der Waals surface area contributed by atoms with E-state index >= 15 is 0 Å². The Bertz CT molecular complexity index is 1150. The fourth-order valence-electron chi connectivity index (χ4n) is 4.19. The molecule has 0 aliphatic carbocycles. The van der Waals surface area contributed by atoms with E-state index < -0.39 is 18.2 Å². The summed E-state index contributed by atoms with van der Waals surface area (Å²) in [4.78, 5) is 4.10. The van der Waals surface area contributed by atoms with Crippen LogP contribution in [-0.2, 0) is 16.0 Å². The van der Waals surface area contributed by atoms with E-state index in [1.165, 1.54) is 7.11 Å². The van der Waals surface area contributed by atoms with Crippen LogP contribution >= 0.6 is 0 Å². The van der Waals surface area contributed by atoms with E-state index in [0.717, 1.165) is 23.3 Å². The van der Waals surface area contributed by atoms with Crippen molar-refractivity contribution < 1.29 is 33.2 Å². The van der Waals surface area contributed by atoms with Crippen molar-refractivity contribution in [2.24, 2.45) is 0 Å². The van der Waals surface area contributed by atoms with Gasteiger partial charge in [-0.15, -0.1) is 0 Å². The zero-order valence-corrected chi connectivity index (χ0v) is 18.8. The van der Waals surface area contributed by atoms with Crippen LogP contribution in [0.15, 0.2) is 42.6 Å². The molecule has 0 radical (unpaired) electrons. The maximum absolute atomic E-state index is 14.6. The van der Waals surface area contributed by atoms with Crippen LogP contribution in [0.4, 0.5) is 4.39 Å². The van der Waals surface area contributed by atoms with E-state index in [1.54, 1.807) is 18.2 Å². The summed E-state index contributed by atoms with van der Waals surface area (Å²) in [5, 5.41) is 14.7. The zero-order chi connectivity index (χ0) is 23.5. The third kappa shape index (κ3) is 4.92. The summed E-state index contributed by atoms with van der Waals surface area (Å²) in [6, 6.07) is 11.0. The van der Waals surface area contributed by atoms with E-state index in [4.69, 9.17) is 23.7 Å². The molecule has 1 atom stereocenters. The Morgan fingerprint density at radius 3 is 2.71 bits per heavy atom. The Kier molecular flexibility index (Phi) is 6.77. The lowest BCUT2D eigenvalue weighted by atomic mass is 10.0. The number of fused-ring (bicyclic) bond motifs is 2. The Morgan fingerprint density at radius 1 is 1.12 bits per heavy atom. The highest BCUT2D eigenvalue weighted by Gasteiger charge is 2.27. The SMILES string of the molecule is COc1ccc2ncc(F)c([C@@H](O)C[C@H]3OC[C@H](NCc4ccc5c(c4)OCCO5)CO3)c2c1. The molecule has 180 valence electrons. The minimum absolute atomic E-state index is 0.00986. The Labute approximate surface area is 196 Å². The van der Waals surface area contributed by atoms with Gasteiger partial charge in [0.2, 0.25) is 0 Å². The molecule has 0 spiro atoms. The van der Waals surface area contributed by atoms with Crippen molar-refractivity contribution in [3.63, 3.8) is 0 Å². The van der Waals surface area contributed by atoms with Gasteiger partial charge in [-0.3, -0.25) is 4.98 Å². The number of nitrogens with zero attached hydrogens (tertiary/aromatic N) is 1. The first kappa shape index (κ1) is 22.8. The normalized spacial score (nSPS) is 20.8. The molecule has 3 aromatic rings. The molecule has 1 fully saturated rings. The summed E-state index contributed by atoms with van der Waals surface area (Å²) in [5.74, 6) is 1.50. The first-order valence-corrected chi connectivity index (χ1v) is 11.3. The maximum Gasteiger partial charge on any atom is 0.161 e. The number of pyridine rings is 1. The van der Waals surface area contributed by atoms with E-state index in [9.17, 15) is 9.50 Å². The predicted octanol–water partition coefficient (Wildman–Crippen LogP) is 3.11. The summed E-state index contributed by atoms with van der Waals surface area (Å²) in [5.41, 5.74) is 1.80. The quantitative estimate of drug-likeness (QED) is 0.545. The molecule has 1 saturated heterocycles. The van der Waals surface area contributed by atoms with Gasteiger partial charge in [0.15, 0.2) is 17.8 Å². The summed E-state index contributed by atoms with van der Waals surface area (Å²) in [6.45, 7) is 2.56. The van der Waals surface area contributed by atoms with Gasteiger partial charge in [0.25, 0.3) is 0 Å². The number of halogens is 1. The first-order valence-electron chi connectivity index (χ1n) is 11.3. The molecule has 2 N–H and O–H groups in total. The Balaban J connectivity index is 1.16. The Hall–Kier alpha value is -2.98. The molecule has 0 saturated carbocycles. The smallest absolute Gasteiger partial charge is 0.161 e. The largest absolute Gasteiger partial charge is 0.497 e. The van der Waals surface area contributed by atoms with Gasteiger partial charge in [-0.05, 0) is 35.9 Å². The highest BCUT2D eigenvalue weighted by molar-refractivity contribution is 5.84. The molecule has 34 heavy (non-hydrogen) atoms. The predicted molar refractivity (Wildman–Crippen MR) is 122 cm³/mol. The molecule has 2 aliphatic rings. The Morgan fingerprint density at radius 2 is 1.91 bits per heavy atom. The topological polar surface area (TPSA) is 91.3 Å². The number of nitrogens with one attached hydrogen (secondary N) is 1. The molecule has 1 aromatic heterocycles. The number of methoxy groups -OCH3 is 1. The summed E-state index contributed by atoms with van der Waals surface area (Å²) >= 11 is 0. The lowest BCUT2D eigenvalue weighted by Crippen LogP contribution is -2.44. The lowest BCUT2D eigenvalue weighted by Gasteiger charge is -2.31. The van der Waals surface area contributed by atoms with Crippen LogP contribution in [0.1, 0.15) is 23.7 Å². The van der Waals surface area contributed by atoms with Crippen LogP contribution in [0.25, 0.3) is 10.9 Å². The van der Waals surface area contributed by atoms with Crippen LogP contribution in [0, 0.1) is 5.82 Å². The number of benzene rings is 2. The van der Waals surface area contributed by atoms with Gasteiger partial charge >= 0.3 is 0 Å². The van der Waals surface area contributed by atoms with Crippen LogP contribution in [0.5, 0.6) is 17.2 Å². The highest BCUT2D eigenvalue weighted by Crippen LogP contribution is 2.33. The fourth-order valence-corrected chi connectivity index (χ4v) is 4.19. The third-order valence-corrected chi connectivity index (χ3v) is 5.99. The lowest BCUT2D eigenvalue weighted by molar-refractivity contribution is -0.202. The second-order valence-corrected chi connectivity index (χ2v) is 8.31. The van der Waals surface area contributed by atoms with Gasteiger partial charge in [-0.2, -0.15) is 0 Å². The van der Waals surface area contributed by atoms with Crippen LogP contribution in [-0.4, -0.2) is 56.0 Å². The average molecular weight is 470 g/mol. The summed E-state index contributed by atoms with van der Waals surface area (Å²) in [6.07, 6.45) is -0.545. The van der Waals surface area contributed by atoms with Crippen molar-refractivity contribution in [2.75, 3.05) is 33.5 Å². The highest BCUT2D eigenvalue weighted by atomic mass is 19.1. The van der Waals surface area contributed by atoms with Crippen LogP contribution in [0.2, 0.25) is 0 Å². The molecule has 8 nitrogen and oxygen atoms in total. The molecule has 5 rings (SSSR count). The third-order valence-electron chi connectivity index (χ3n) is 5.99. The van der Waals surface area contributed by atoms with E-state index in [0.29, 0.717) is 49.6 Å². The molecule has 0 unspecified atom stereocenters. The minimum Gasteiger partial charge on any atom is -0.497 e. The number of hydrogen-bond acceptors (Lipinski definition) is 8. The minimum atomic E-state index is -1.12. The van der Waals surface area contributed by atoms with Gasteiger partial charge in [0.05, 0.1) is 44.2 Å². The van der Waals surface area contributed by atoms with E-state index in [1.807, 2.05) is 18.2 Å². The van der Waals surface area contributed by atoms with Crippen LogP contribution in [0.3, 0.4) is 0 Å². The van der Waals surface area contributed by atoms with Crippen molar-refractivity contribution in [2.45, 2.75) is 31.4 Å². The number of aromatic nitrogens is 1. The van der Waals surface area contributed by atoms with Crippen molar-refractivity contribution in [1.29, 1.82) is 0 Å². The summed E-state index contributed by atoms with van der Waals surface area (Å²) < 4.78 is 42.6. The van der Waals surface area contributed by atoms with Crippen LogP contribution < -0.4 is 19.5 Å². The molecule has 9 heteroatoms. The monoisotopic (exact) mass is 470 g/mol. The van der Waals surface area contributed by atoms with Gasteiger partial charge in [0, 0.05) is 23.9 Å². The van der Waals surface area contributed by atoms with Gasteiger partial charge in [-0.1, -0.05) is 6.07 Å².